The summed E-state index contributed by atoms with van der Waals surface area (Å²) in [6, 6.07) is 22.5. The molecule has 0 N–H and O–H groups in total. The van der Waals surface area contributed by atoms with Crippen molar-refractivity contribution < 1.29 is 4.74 Å². The summed E-state index contributed by atoms with van der Waals surface area (Å²) in [6.45, 7) is 0. The average Bonchev–Trinajstić information content (AvgIpc) is 3.22. The molecule has 0 fully saturated rings. The highest BCUT2D eigenvalue weighted by Crippen LogP contribution is 2.36. The van der Waals surface area contributed by atoms with Crippen LogP contribution in [0, 0.1) is 0 Å². The number of nitrogens with zero attached hydrogens (tertiary/aromatic N) is 4. The summed E-state index contributed by atoms with van der Waals surface area (Å²) >= 11 is 0. The lowest BCUT2D eigenvalue weighted by atomic mass is 10.1. The molecule has 1 aliphatic rings. The van der Waals surface area contributed by atoms with Gasteiger partial charge in [0.1, 0.15) is 11.9 Å². The molecule has 0 aliphatic carbocycles. The van der Waals surface area contributed by atoms with Crippen molar-refractivity contribution in [3.05, 3.63) is 90.4 Å². The van der Waals surface area contributed by atoms with Crippen LogP contribution in [0.2, 0.25) is 0 Å². The van der Waals surface area contributed by atoms with Gasteiger partial charge in [-0.05, 0) is 42.0 Å². The third-order valence-corrected chi connectivity index (χ3v) is 5.39. The Bertz CT molecular complexity index is 1360. The quantitative estimate of drug-likeness (QED) is 0.438. The molecule has 4 heterocycles. The summed E-state index contributed by atoms with van der Waals surface area (Å²) in [7, 11) is 0. The van der Waals surface area contributed by atoms with Crippen LogP contribution >= 0.6 is 0 Å². The van der Waals surface area contributed by atoms with E-state index < -0.39 is 0 Å². The van der Waals surface area contributed by atoms with Crippen LogP contribution in [0.5, 0.6) is 5.75 Å². The molecule has 6 rings (SSSR count). The summed E-state index contributed by atoms with van der Waals surface area (Å²) in [4.78, 5) is 9.66. The zero-order valence-electron chi connectivity index (χ0n) is 15.5. The van der Waals surface area contributed by atoms with Gasteiger partial charge in [-0.15, -0.1) is 0 Å². The molecule has 5 heteroatoms. The van der Waals surface area contributed by atoms with E-state index in [1.54, 1.807) is 12.4 Å². The third-order valence-electron chi connectivity index (χ3n) is 5.39. The van der Waals surface area contributed by atoms with Crippen LogP contribution < -0.4 is 4.74 Å². The predicted molar refractivity (Wildman–Crippen MR) is 112 cm³/mol. The van der Waals surface area contributed by atoms with Gasteiger partial charge in [0.2, 0.25) is 0 Å². The molecule has 29 heavy (non-hydrogen) atoms. The minimum Gasteiger partial charge on any atom is -0.483 e. The molecule has 5 aromatic rings. The Labute approximate surface area is 167 Å². The lowest BCUT2D eigenvalue weighted by Gasteiger charge is -2.11. The Hall–Kier alpha value is -3.86. The third kappa shape index (κ3) is 2.79. The lowest BCUT2D eigenvalue weighted by molar-refractivity contribution is 0.234. The van der Waals surface area contributed by atoms with Crippen LogP contribution in [0.15, 0.2) is 79.1 Å². The van der Waals surface area contributed by atoms with E-state index in [9.17, 15) is 0 Å². The van der Waals surface area contributed by atoms with E-state index in [4.69, 9.17) is 14.7 Å². The van der Waals surface area contributed by atoms with Gasteiger partial charge in [-0.1, -0.05) is 30.3 Å². The Kier molecular flexibility index (Phi) is 3.53. The molecule has 1 unspecified atom stereocenters. The fourth-order valence-electron chi connectivity index (χ4n) is 3.86. The summed E-state index contributed by atoms with van der Waals surface area (Å²) in [5.74, 6) is 0.945. The lowest BCUT2D eigenvalue weighted by Crippen LogP contribution is -2.06. The Balaban J connectivity index is 1.39. The highest BCUT2D eigenvalue weighted by atomic mass is 16.5. The topological polar surface area (TPSA) is 60.8 Å². The Morgan fingerprint density at radius 3 is 2.52 bits per heavy atom. The number of aromatic nitrogens is 4. The zero-order valence-corrected chi connectivity index (χ0v) is 15.5. The van der Waals surface area contributed by atoms with Crippen molar-refractivity contribution in [2.24, 2.45) is 0 Å². The molecule has 0 saturated heterocycles. The van der Waals surface area contributed by atoms with Gasteiger partial charge in [0.05, 0.1) is 23.8 Å². The van der Waals surface area contributed by atoms with Crippen molar-refractivity contribution in [3.8, 4) is 17.0 Å². The normalized spacial score (nSPS) is 15.4. The van der Waals surface area contributed by atoms with Crippen LogP contribution in [0.3, 0.4) is 0 Å². The van der Waals surface area contributed by atoms with E-state index in [2.05, 4.69) is 40.5 Å². The summed E-state index contributed by atoms with van der Waals surface area (Å²) in [6.07, 6.45) is 4.30. The van der Waals surface area contributed by atoms with Gasteiger partial charge in [0.15, 0.2) is 5.65 Å². The number of rotatable bonds is 2. The second kappa shape index (κ2) is 6.34. The number of ether oxygens (including phenoxy) is 1. The predicted octanol–water partition coefficient (Wildman–Crippen LogP) is 4.92. The summed E-state index contributed by atoms with van der Waals surface area (Å²) < 4.78 is 6.10. The fraction of sp³-hybridized carbons (Fsp3) is 0.0833. The highest BCUT2D eigenvalue weighted by molar-refractivity contribution is 5.86. The molecule has 0 bridgehead atoms. The molecular weight excluding hydrogens is 360 g/mol. The van der Waals surface area contributed by atoms with E-state index in [1.807, 2.05) is 36.4 Å². The minimum absolute atomic E-state index is 0.0681. The van der Waals surface area contributed by atoms with Gasteiger partial charge >= 0.3 is 0 Å². The molecule has 0 amide bonds. The molecule has 3 aromatic heterocycles. The van der Waals surface area contributed by atoms with E-state index in [0.29, 0.717) is 0 Å². The maximum absolute atomic E-state index is 6.10. The Morgan fingerprint density at radius 2 is 1.59 bits per heavy atom. The number of pyridine rings is 2. The van der Waals surface area contributed by atoms with Gasteiger partial charge in [0.25, 0.3) is 0 Å². The first-order chi connectivity index (χ1) is 14.3. The Morgan fingerprint density at radius 1 is 0.759 bits per heavy atom. The molecular formula is C24H16N4O. The number of hydrogen-bond acceptors (Lipinski definition) is 5. The number of benzene rings is 2. The van der Waals surface area contributed by atoms with Crippen molar-refractivity contribution in [3.63, 3.8) is 0 Å². The summed E-state index contributed by atoms with van der Waals surface area (Å²) in [5.41, 5.74) is 4.78. The standard InChI is InChI=1S/C24H16N4O/c1-2-4-22-17(3-1)12-23(29-22)21-10-8-15-7-9-20(27-24(15)28-21)16-5-6-18-13-25-26-14-19(18)11-16/h1-11,13-14,23H,12H2. The first kappa shape index (κ1) is 16.1. The van der Waals surface area contributed by atoms with Crippen LogP contribution in [0.25, 0.3) is 33.1 Å². The second-order valence-corrected chi connectivity index (χ2v) is 7.23. The van der Waals surface area contributed by atoms with Gasteiger partial charge in [-0.3, -0.25) is 0 Å². The molecule has 0 spiro atoms. The monoisotopic (exact) mass is 376 g/mol. The first-order valence-corrected chi connectivity index (χ1v) is 9.57. The van der Waals surface area contributed by atoms with E-state index in [1.165, 1.54) is 5.56 Å². The fourth-order valence-corrected chi connectivity index (χ4v) is 3.86. The molecule has 0 saturated carbocycles. The average molecular weight is 376 g/mol. The van der Waals surface area contributed by atoms with Crippen molar-refractivity contribution in [2.75, 3.05) is 0 Å². The molecule has 1 atom stereocenters. The number of hydrogen-bond donors (Lipinski definition) is 0. The molecule has 2 aromatic carbocycles. The van der Waals surface area contributed by atoms with Crippen LogP contribution in [0.4, 0.5) is 0 Å². The van der Waals surface area contributed by atoms with E-state index >= 15 is 0 Å². The highest BCUT2D eigenvalue weighted by Gasteiger charge is 2.25. The van der Waals surface area contributed by atoms with Crippen molar-refractivity contribution in [2.45, 2.75) is 12.5 Å². The minimum atomic E-state index is -0.0681. The SMILES string of the molecule is c1ccc2c(c1)CC(c1ccc3ccc(-c4ccc5cnncc5c4)nc3n1)O2. The van der Waals surface area contributed by atoms with Crippen molar-refractivity contribution >= 4 is 21.8 Å². The smallest absolute Gasteiger partial charge is 0.160 e. The van der Waals surface area contributed by atoms with Gasteiger partial charge < -0.3 is 4.74 Å². The maximum Gasteiger partial charge on any atom is 0.160 e. The van der Waals surface area contributed by atoms with Crippen LogP contribution in [-0.2, 0) is 6.42 Å². The number of fused-ring (bicyclic) bond motifs is 3. The molecule has 138 valence electrons. The molecule has 0 radical (unpaired) electrons. The van der Waals surface area contributed by atoms with E-state index in [0.717, 1.165) is 50.9 Å². The zero-order chi connectivity index (χ0) is 19.2. The van der Waals surface area contributed by atoms with Crippen molar-refractivity contribution in [1.29, 1.82) is 0 Å². The molecule has 5 nitrogen and oxygen atoms in total. The van der Waals surface area contributed by atoms with Crippen LogP contribution in [-0.4, -0.2) is 20.2 Å². The summed E-state index contributed by atoms with van der Waals surface area (Å²) in [5, 5.41) is 11.0. The van der Waals surface area contributed by atoms with E-state index in [-0.39, 0.29) is 6.10 Å². The maximum atomic E-state index is 6.10. The van der Waals surface area contributed by atoms with Crippen LogP contribution in [0.1, 0.15) is 17.4 Å². The van der Waals surface area contributed by atoms with Crippen molar-refractivity contribution in [1.82, 2.24) is 20.2 Å². The number of para-hydroxylation sites is 1. The van der Waals surface area contributed by atoms with Gasteiger partial charge in [-0.25, -0.2) is 9.97 Å². The largest absolute Gasteiger partial charge is 0.483 e. The molecule has 1 aliphatic heterocycles. The van der Waals surface area contributed by atoms with Gasteiger partial charge in [-0.2, -0.15) is 10.2 Å². The second-order valence-electron chi connectivity index (χ2n) is 7.23. The first-order valence-electron chi connectivity index (χ1n) is 9.57. The van der Waals surface area contributed by atoms with Gasteiger partial charge in [0, 0.05) is 28.1 Å².